The van der Waals surface area contributed by atoms with Gasteiger partial charge in [-0.05, 0) is 38.3 Å². The van der Waals surface area contributed by atoms with E-state index in [1.165, 1.54) is 6.42 Å². The van der Waals surface area contributed by atoms with Crippen molar-refractivity contribution in [1.82, 2.24) is 9.97 Å². The summed E-state index contributed by atoms with van der Waals surface area (Å²) in [5, 5.41) is 8.54. The van der Waals surface area contributed by atoms with E-state index >= 15 is 0 Å². The van der Waals surface area contributed by atoms with E-state index < -0.39 is 11.8 Å². The lowest BCUT2D eigenvalue weighted by Gasteiger charge is -2.23. The molecular weight excluding hydrogens is 371 g/mol. The molecule has 158 valence electrons. The number of carbonyl (C=O) groups is 1. The molecule has 7 heteroatoms. The second-order valence-corrected chi connectivity index (χ2v) is 7.23. The van der Waals surface area contributed by atoms with Crippen LogP contribution in [0.5, 0.6) is 0 Å². The van der Waals surface area contributed by atoms with Crippen molar-refractivity contribution in [2.45, 2.75) is 52.4 Å². The molecule has 2 aromatic rings. The van der Waals surface area contributed by atoms with E-state index in [2.05, 4.69) is 28.7 Å². The highest BCUT2D eigenvalue weighted by Crippen LogP contribution is 2.26. The van der Waals surface area contributed by atoms with Crippen LogP contribution in [0.1, 0.15) is 52.4 Å². The average Bonchev–Trinajstić information content (AvgIpc) is 2.75. The minimum Gasteiger partial charge on any atom is -0.481 e. The van der Waals surface area contributed by atoms with Gasteiger partial charge in [0.2, 0.25) is 5.95 Å². The molecule has 0 spiro atoms. The minimum absolute atomic E-state index is 0.0289. The van der Waals surface area contributed by atoms with Crippen LogP contribution in [-0.2, 0) is 4.79 Å². The maximum Gasteiger partial charge on any atom is 0.306 e. The van der Waals surface area contributed by atoms with Crippen LogP contribution >= 0.6 is 0 Å². The standard InChI is InChI=1S/C15H19FN4.C7H12O2/c1-3-8-20(4-2)12-7-5-6-11(9-12)14-13(16)10-18-15(17)19-14;8-7(9)6-4-2-1-3-5-6/h5-7,9-10H,3-4,8H2,1-2H3,(H2,17,18,19);6H,1-5H2,(H,8,9). The van der Waals surface area contributed by atoms with Gasteiger partial charge in [-0.3, -0.25) is 4.79 Å². The van der Waals surface area contributed by atoms with E-state index in [9.17, 15) is 9.18 Å². The zero-order valence-corrected chi connectivity index (χ0v) is 17.3. The van der Waals surface area contributed by atoms with Crippen molar-refractivity contribution in [3.63, 3.8) is 0 Å². The number of halogens is 1. The Morgan fingerprint density at radius 2 is 2.00 bits per heavy atom. The van der Waals surface area contributed by atoms with Gasteiger partial charge in [-0.25, -0.2) is 14.4 Å². The van der Waals surface area contributed by atoms with Gasteiger partial charge in [0, 0.05) is 24.3 Å². The molecule has 1 aliphatic rings. The highest BCUT2D eigenvalue weighted by Gasteiger charge is 2.19. The highest BCUT2D eigenvalue weighted by atomic mass is 19.1. The largest absolute Gasteiger partial charge is 0.481 e. The number of carboxylic acid groups (broad SMARTS) is 1. The molecule has 1 heterocycles. The van der Waals surface area contributed by atoms with Crippen molar-refractivity contribution in [2.75, 3.05) is 23.7 Å². The Balaban J connectivity index is 0.000000278. The maximum absolute atomic E-state index is 13.8. The molecule has 1 aliphatic carbocycles. The molecule has 1 saturated carbocycles. The summed E-state index contributed by atoms with van der Waals surface area (Å²) < 4.78 is 13.8. The van der Waals surface area contributed by atoms with E-state index in [4.69, 9.17) is 10.8 Å². The summed E-state index contributed by atoms with van der Waals surface area (Å²) in [6.45, 7) is 6.11. The lowest BCUT2D eigenvalue weighted by atomic mass is 9.90. The lowest BCUT2D eigenvalue weighted by molar-refractivity contribution is -0.142. The molecule has 0 unspecified atom stereocenters. The third-order valence-electron chi connectivity index (χ3n) is 5.08. The summed E-state index contributed by atoms with van der Waals surface area (Å²) in [6.07, 6.45) is 7.41. The number of hydrogen-bond acceptors (Lipinski definition) is 5. The number of nitrogens with zero attached hydrogens (tertiary/aromatic N) is 3. The Kier molecular flexibility index (Phi) is 8.83. The zero-order chi connectivity index (χ0) is 21.2. The molecule has 6 nitrogen and oxygen atoms in total. The number of rotatable bonds is 6. The number of nitrogens with two attached hydrogens (primary N) is 1. The van der Waals surface area contributed by atoms with Crippen molar-refractivity contribution in [3.8, 4) is 11.3 Å². The van der Waals surface area contributed by atoms with Crippen LogP contribution in [0.4, 0.5) is 16.0 Å². The summed E-state index contributed by atoms with van der Waals surface area (Å²) in [5.74, 6) is -1.02. The van der Waals surface area contributed by atoms with Crippen LogP contribution in [0.3, 0.4) is 0 Å². The number of anilines is 2. The number of hydrogen-bond donors (Lipinski definition) is 2. The summed E-state index contributed by atoms with van der Waals surface area (Å²) >= 11 is 0. The average molecular weight is 403 g/mol. The van der Waals surface area contributed by atoms with Crippen molar-refractivity contribution in [2.24, 2.45) is 5.92 Å². The van der Waals surface area contributed by atoms with E-state index in [0.29, 0.717) is 5.56 Å². The van der Waals surface area contributed by atoms with Crippen LogP contribution in [0.15, 0.2) is 30.5 Å². The van der Waals surface area contributed by atoms with Crippen LogP contribution in [0.25, 0.3) is 11.3 Å². The normalized spacial score (nSPS) is 14.0. The summed E-state index contributed by atoms with van der Waals surface area (Å²) in [7, 11) is 0. The molecule has 1 aromatic carbocycles. The van der Waals surface area contributed by atoms with Crippen LogP contribution in [0.2, 0.25) is 0 Å². The summed E-state index contributed by atoms with van der Waals surface area (Å²) in [4.78, 5) is 20.2. The Hall–Kier alpha value is -2.70. The van der Waals surface area contributed by atoms with Crippen LogP contribution in [0, 0.1) is 11.7 Å². The molecule has 0 amide bonds. The van der Waals surface area contributed by atoms with Gasteiger partial charge >= 0.3 is 5.97 Å². The molecule has 0 saturated heterocycles. The molecule has 0 bridgehead atoms. The van der Waals surface area contributed by atoms with Gasteiger partial charge < -0.3 is 15.7 Å². The predicted octanol–water partition coefficient (Wildman–Crippen LogP) is 4.75. The lowest BCUT2D eigenvalue weighted by Crippen LogP contribution is -2.23. The molecule has 3 N–H and O–H groups in total. The second kappa shape index (κ2) is 11.3. The fourth-order valence-electron chi connectivity index (χ4n) is 3.52. The zero-order valence-electron chi connectivity index (χ0n) is 17.3. The van der Waals surface area contributed by atoms with Crippen molar-refractivity contribution in [1.29, 1.82) is 0 Å². The Morgan fingerprint density at radius 3 is 2.59 bits per heavy atom. The number of carboxylic acids is 1. The minimum atomic E-state index is -0.602. The van der Waals surface area contributed by atoms with Crippen molar-refractivity contribution in [3.05, 3.63) is 36.3 Å². The maximum atomic E-state index is 13.8. The first kappa shape index (κ1) is 22.6. The SMILES string of the molecule is CCCN(CC)c1cccc(-c2nc(N)ncc2F)c1.O=C(O)C1CCCCC1. The van der Waals surface area contributed by atoms with E-state index in [1.807, 2.05) is 24.3 Å². The fraction of sp³-hybridized carbons (Fsp3) is 0.500. The Bertz CT molecular complexity index is 794. The van der Waals surface area contributed by atoms with Gasteiger partial charge in [-0.15, -0.1) is 0 Å². The van der Waals surface area contributed by atoms with Gasteiger partial charge in [-0.1, -0.05) is 38.3 Å². The monoisotopic (exact) mass is 402 g/mol. The van der Waals surface area contributed by atoms with E-state index in [1.54, 1.807) is 0 Å². The molecular formula is C22H31FN4O2. The smallest absolute Gasteiger partial charge is 0.306 e. The molecule has 0 aliphatic heterocycles. The van der Waals surface area contributed by atoms with Gasteiger partial charge in [0.25, 0.3) is 0 Å². The molecule has 29 heavy (non-hydrogen) atoms. The van der Waals surface area contributed by atoms with Gasteiger partial charge in [0.05, 0.1) is 12.1 Å². The highest BCUT2D eigenvalue weighted by molar-refractivity contribution is 5.70. The Morgan fingerprint density at radius 1 is 1.28 bits per heavy atom. The van der Waals surface area contributed by atoms with Crippen LogP contribution in [-0.4, -0.2) is 34.1 Å². The molecule has 1 aromatic heterocycles. The van der Waals surface area contributed by atoms with Crippen LogP contribution < -0.4 is 10.6 Å². The summed E-state index contributed by atoms with van der Waals surface area (Å²) in [5.41, 5.74) is 7.55. The van der Waals surface area contributed by atoms with Gasteiger partial charge in [0.15, 0.2) is 5.82 Å². The predicted molar refractivity (Wildman–Crippen MR) is 114 cm³/mol. The molecule has 1 fully saturated rings. The Labute approximate surface area is 172 Å². The molecule has 0 atom stereocenters. The number of nitrogen functional groups attached to an aromatic ring is 1. The first-order valence-electron chi connectivity index (χ1n) is 10.3. The first-order valence-corrected chi connectivity index (χ1v) is 10.3. The number of benzene rings is 1. The second-order valence-electron chi connectivity index (χ2n) is 7.23. The summed E-state index contributed by atoms with van der Waals surface area (Å²) in [6, 6.07) is 7.68. The van der Waals surface area contributed by atoms with Crippen molar-refractivity contribution < 1.29 is 14.3 Å². The number of aromatic nitrogens is 2. The quantitative estimate of drug-likeness (QED) is 0.724. The third kappa shape index (κ3) is 6.69. The van der Waals surface area contributed by atoms with E-state index in [0.717, 1.165) is 57.1 Å². The van der Waals surface area contributed by atoms with E-state index in [-0.39, 0.29) is 17.6 Å². The first-order chi connectivity index (χ1) is 14.0. The van der Waals surface area contributed by atoms with Crippen molar-refractivity contribution >= 4 is 17.6 Å². The van der Waals surface area contributed by atoms with Gasteiger partial charge in [-0.2, -0.15) is 0 Å². The number of aliphatic carboxylic acids is 1. The van der Waals surface area contributed by atoms with Gasteiger partial charge in [0.1, 0.15) is 5.69 Å². The fourth-order valence-corrected chi connectivity index (χ4v) is 3.52. The third-order valence-corrected chi connectivity index (χ3v) is 5.08. The molecule has 3 rings (SSSR count). The topological polar surface area (TPSA) is 92.3 Å². The molecule has 0 radical (unpaired) electrons.